The molecule has 0 spiro atoms. The fourth-order valence-corrected chi connectivity index (χ4v) is 1.17. The minimum Gasteiger partial charge on any atom is -0.480 e. The minimum absolute atomic E-state index is 0.0841. The fourth-order valence-electron chi connectivity index (χ4n) is 1.17. The van der Waals surface area contributed by atoms with E-state index in [9.17, 15) is 9.59 Å². The van der Waals surface area contributed by atoms with Gasteiger partial charge in [-0.1, -0.05) is 18.6 Å². The van der Waals surface area contributed by atoms with Crippen LogP contribution in [0.25, 0.3) is 0 Å². The Hall–Kier alpha value is -2.19. The van der Waals surface area contributed by atoms with Gasteiger partial charge >= 0.3 is 12.0 Å². The SMILES string of the molecule is CCC[C@H](NC(=O)NCc1nn[nH]n1)C(=O)O. The second-order valence-corrected chi connectivity index (χ2v) is 3.33. The summed E-state index contributed by atoms with van der Waals surface area (Å²) in [5.41, 5.74) is 0. The van der Waals surface area contributed by atoms with E-state index in [1.807, 2.05) is 6.92 Å². The first-order chi connectivity index (χ1) is 8.13. The molecule has 0 unspecified atom stereocenters. The first kappa shape index (κ1) is 12.9. The van der Waals surface area contributed by atoms with Crippen molar-refractivity contribution in [2.24, 2.45) is 0 Å². The van der Waals surface area contributed by atoms with Crippen LogP contribution in [0.2, 0.25) is 0 Å². The van der Waals surface area contributed by atoms with Gasteiger partial charge in [-0.2, -0.15) is 5.21 Å². The van der Waals surface area contributed by atoms with Crippen molar-refractivity contribution in [1.82, 2.24) is 31.3 Å². The molecular formula is C8H14N6O3. The smallest absolute Gasteiger partial charge is 0.326 e. The van der Waals surface area contributed by atoms with E-state index in [1.54, 1.807) is 0 Å². The van der Waals surface area contributed by atoms with Crippen molar-refractivity contribution in [3.05, 3.63) is 5.82 Å². The minimum atomic E-state index is -1.05. The lowest BCUT2D eigenvalue weighted by Gasteiger charge is -2.13. The Kier molecular flexibility index (Phi) is 4.85. The predicted octanol–water partition coefficient (Wildman–Crippen LogP) is -0.748. The quantitative estimate of drug-likeness (QED) is 0.519. The summed E-state index contributed by atoms with van der Waals surface area (Å²) in [6.07, 6.45) is 1.05. The number of hydrogen-bond acceptors (Lipinski definition) is 5. The maximum atomic E-state index is 11.4. The summed E-state index contributed by atoms with van der Waals surface area (Å²) >= 11 is 0. The van der Waals surface area contributed by atoms with Crippen molar-refractivity contribution < 1.29 is 14.7 Å². The average molecular weight is 242 g/mol. The number of carboxylic acids is 1. The molecule has 9 nitrogen and oxygen atoms in total. The number of aromatic nitrogens is 4. The average Bonchev–Trinajstić information content (AvgIpc) is 2.78. The Morgan fingerprint density at radius 2 is 2.29 bits per heavy atom. The van der Waals surface area contributed by atoms with E-state index >= 15 is 0 Å². The molecule has 1 aromatic heterocycles. The third-order valence-electron chi connectivity index (χ3n) is 1.98. The molecule has 0 fully saturated rings. The number of carboxylic acid groups (broad SMARTS) is 1. The zero-order valence-corrected chi connectivity index (χ0v) is 9.30. The van der Waals surface area contributed by atoms with Gasteiger partial charge in [0.25, 0.3) is 0 Å². The molecule has 0 saturated carbocycles. The summed E-state index contributed by atoms with van der Waals surface area (Å²) in [5.74, 6) is -0.732. The van der Waals surface area contributed by atoms with E-state index in [0.717, 1.165) is 0 Å². The molecule has 0 bridgehead atoms. The summed E-state index contributed by atoms with van der Waals surface area (Å²) in [5, 5.41) is 26.4. The van der Waals surface area contributed by atoms with Crippen molar-refractivity contribution in [2.75, 3.05) is 0 Å². The van der Waals surface area contributed by atoms with Gasteiger partial charge < -0.3 is 15.7 Å². The summed E-state index contributed by atoms with van der Waals surface area (Å²) in [7, 11) is 0. The van der Waals surface area contributed by atoms with Crippen LogP contribution in [0.1, 0.15) is 25.6 Å². The number of carbonyl (C=O) groups is 2. The number of H-pyrrole nitrogens is 1. The third-order valence-corrected chi connectivity index (χ3v) is 1.98. The van der Waals surface area contributed by atoms with Gasteiger partial charge in [0.1, 0.15) is 6.04 Å². The largest absolute Gasteiger partial charge is 0.480 e. The van der Waals surface area contributed by atoms with Gasteiger partial charge in [-0.05, 0) is 6.42 Å². The zero-order chi connectivity index (χ0) is 12.7. The number of urea groups is 1. The number of tetrazole rings is 1. The van der Waals surface area contributed by atoms with E-state index in [1.165, 1.54) is 0 Å². The van der Waals surface area contributed by atoms with E-state index in [2.05, 4.69) is 31.3 Å². The van der Waals surface area contributed by atoms with Crippen LogP contribution in [0.4, 0.5) is 4.79 Å². The number of aromatic amines is 1. The molecule has 94 valence electrons. The maximum absolute atomic E-state index is 11.4. The Morgan fingerprint density at radius 3 is 2.82 bits per heavy atom. The second kappa shape index (κ2) is 6.40. The lowest BCUT2D eigenvalue weighted by atomic mass is 10.2. The number of aliphatic carboxylic acids is 1. The first-order valence-electron chi connectivity index (χ1n) is 5.13. The normalized spacial score (nSPS) is 11.8. The van der Waals surface area contributed by atoms with Crippen molar-refractivity contribution >= 4 is 12.0 Å². The molecule has 1 aromatic rings. The number of nitrogens with one attached hydrogen (secondary N) is 3. The van der Waals surface area contributed by atoms with Gasteiger partial charge in [0.15, 0.2) is 5.82 Å². The highest BCUT2D eigenvalue weighted by molar-refractivity contribution is 5.82. The van der Waals surface area contributed by atoms with Crippen molar-refractivity contribution in [3.8, 4) is 0 Å². The van der Waals surface area contributed by atoms with Crippen LogP contribution in [0, 0.1) is 0 Å². The van der Waals surface area contributed by atoms with Crippen molar-refractivity contribution in [3.63, 3.8) is 0 Å². The second-order valence-electron chi connectivity index (χ2n) is 3.33. The Morgan fingerprint density at radius 1 is 1.53 bits per heavy atom. The van der Waals surface area contributed by atoms with Crippen molar-refractivity contribution in [2.45, 2.75) is 32.4 Å². The molecule has 1 atom stereocenters. The van der Waals surface area contributed by atoms with Gasteiger partial charge in [-0.3, -0.25) is 0 Å². The van der Waals surface area contributed by atoms with E-state index in [4.69, 9.17) is 5.11 Å². The molecule has 0 radical (unpaired) electrons. The summed E-state index contributed by atoms with van der Waals surface area (Å²) in [6.45, 7) is 1.93. The molecule has 4 N–H and O–H groups in total. The van der Waals surface area contributed by atoms with Crippen LogP contribution in [0.3, 0.4) is 0 Å². The van der Waals surface area contributed by atoms with E-state index in [-0.39, 0.29) is 6.54 Å². The Balaban J connectivity index is 2.34. The van der Waals surface area contributed by atoms with Gasteiger partial charge in [0.2, 0.25) is 0 Å². The molecule has 0 aromatic carbocycles. The number of nitrogens with zero attached hydrogens (tertiary/aromatic N) is 3. The van der Waals surface area contributed by atoms with Crippen LogP contribution in [-0.2, 0) is 11.3 Å². The Bertz CT molecular complexity index is 365. The standard InChI is InChI=1S/C8H14N6O3/c1-2-3-5(7(15)16)10-8(17)9-4-6-11-13-14-12-6/h5H,2-4H2,1H3,(H,15,16)(H2,9,10,17)(H,11,12,13,14)/t5-/m0/s1. The van der Waals surface area contributed by atoms with Gasteiger partial charge in [-0.15, -0.1) is 10.2 Å². The number of amides is 2. The predicted molar refractivity (Wildman–Crippen MR) is 55.9 cm³/mol. The van der Waals surface area contributed by atoms with Crippen LogP contribution in [0.15, 0.2) is 0 Å². The zero-order valence-electron chi connectivity index (χ0n) is 9.30. The lowest BCUT2D eigenvalue weighted by molar-refractivity contribution is -0.139. The number of carbonyl (C=O) groups excluding carboxylic acids is 1. The third kappa shape index (κ3) is 4.45. The molecule has 2 amide bonds. The number of rotatable bonds is 6. The highest BCUT2D eigenvalue weighted by atomic mass is 16.4. The molecule has 0 aliphatic rings. The molecule has 17 heavy (non-hydrogen) atoms. The summed E-state index contributed by atoms with van der Waals surface area (Å²) < 4.78 is 0. The molecule has 0 aliphatic heterocycles. The molecule has 0 saturated heterocycles. The summed E-state index contributed by atoms with van der Waals surface area (Å²) in [6, 6.07) is -1.46. The van der Waals surface area contributed by atoms with E-state index in [0.29, 0.717) is 18.7 Å². The van der Waals surface area contributed by atoms with Gasteiger partial charge in [-0.25, -0.2) is 9.59 Å². The van der Waals surface area contributed by atoms with Crippen LogP contribution in [0.5, 0.6) is 0 Å². The topological polar surface area (TPSA) is 133 Å². The highest BCUT2D eigenvalue weighted by Crippen LogP contribution is 1.96. The maximum Gasteiger partial charge on any atom is 0.326 e. The lowest BCUT2D eigenvalue weighted by Crippen LogP contribution is -2.45. The molecule has 9 heteroatoms. The summed E-state index contributed by atoms with van der Waals surface area (Å²) in [4.78, 5) is 22.1. The first-order valence-corrected chi connectivity index (χ1v) is 5.13. The van der Waals surface area contributed by atoms with Gasteiger partial charge in [0, 0.05) is 0 Å². The fraction of sp³-hybridized carbons (Fsp3) is 0.625. The van der Waals surface area contributed by atoms with Crippen LogP contribution in [-0.4, -0.2) is 43.8 Å². The van der Waals surface area contributed by atoms with Crippen LogP contribution >= 0.6 is 0 Å². The monoisotopic (exact) mass is 242 g/mol. The molecule has 1 heterocycles. The van der Waals surface area contributed by atoms with Crippen LogP contribution < -0.4 is 10.6 Å². The van der Waals surface area contributed by atoms with Gasteiger partial charge in [0.05, 0.1) is 6.54 Å². The highest BCUT2D eigenvalue weighted by Gasteiger charge is 2.18. The Labute approximate surface area is 97.0 Å². The van der Waals surface area contributed by atoms with Crippen molar-refractivity contribution in [1.29, 1.82) is 0 Å². The molecular weight excluding hydrogens is 228 g/mol. The number of hydrogen-bond donors (Lipinski definition) is 4. The molecule has 0 aliphatic carbocycles. The van der Waals surface area contributed by atoms with E-state index < -0.39 is 18.0 Å². The molecule has 1 rings (SSSR count).